The summed E-state index contributed by atoms with van der Waals surface area (Å²) in [6.45, 7) is 6.28. The van der Waals surface area contributed by atoms with E-state index >= 15 is 0 Å². The lowest BCUT2D eigenvalue weighted by molar-refractivity contribution is 0.0525. The van der Waals surface area contributed by atoms with Crippen molar-refractivity contribution < 1.29 is 14.3 Å². The number of aromatic nitrogens is 2. The lowest BCUT2D eigenvalue weighted by Crippen LogP contribution is -2.46. The van der Waals surface area contributed by atoms with Gasteiger partial charge in [0.05, 0.1) is 36.5 Å². The Morgan fingerprint density at radius 1 is 1.17 bits per heavy atom. The van der Waals surface area contributed by atoms with Crippen LogP contribution in [0.4, 0.5) is 4.79 Å². The van der Waals surface area contributed by atoms with Gasteiger partial charge in [0.2, 0.25) is 0 Å². The first kappa shape index (κ1) is 23.3. The van der Waals surface area contributed by atoms with Gasteiger partial charge in [-0.15, -0.1) is 10.2 Å². The molecule has 1 N–H and O–H groups in total. The first-order valence-electron chi connectivity index (χ1n) is 11.8. The molecular formula is C26H27N5O3S. The fourth-order valence-corrected chi connectivity index (χ4v) is 5.53. The number of hydrogen-bond acceptors (Lipinski definition) is 7. The Hall–Kier alpha value is -3.48. The van der Waals surface area contributed by atoms with Gasteiger partial charge < -0.3 is 19.7 Å². The number of morpholine rings is 1. The summed E-state index contributed by atoms with van der Waals surface area (Å²) >= 11 is 1.48. The zero-order valence-electron chi connectivity index (χ0n) is 19.8. The van der Waals surface area contributed by atoms with Crippen molar-refractivity contribution >= 4 is 17.4 Å². The number of para-hydroxylation sites is 1. The molecular weight excluding hydrogens is 462 g/mol. The molecule has 1 aromatic heterocycles. The molecule has 9 heteroatoms. The largest absolute Gasteiger partial charge is 0.489 e. The Balaban J connectivity index is 1.42. The molecule has 1 saturated heterocycles. The minimum Gasteiger partial charge on any atom is -0.489 e. The molecule has 180 valence electrons. The number of urea groups is 1. The molecule has 1 aliphatic heterocycles. The average molecular weight is 490 g/mol. The van der Waals surface area contributed by atoms with Gasteiger partial charge in [-0.1, -0.05) is 35.6 Å². The van der Waals surface area contributed by atoms with Crippen molar-refractivity contribution in [2.45, 2.75) is 38.8 Å². The standard InChI is InChI=1S/C26H27N5O3S/c1-16(2)34-23-17(15-27)5-3-8-21(23)25-30-29-24(35-25)20-7-4-6-19-18(20)9-10-22(19)28-26(32)31-11-13-33-14-12-31/h3-8,16,22H,9-14H2,1-2H3,(H,28,32). The summed E-state index contributed by atoms with van der Waals surface area (Å²) in [6, 6.07) is 13.8. The molecule has 8 nitrogen and oxygen atoms in total. The van der Waals surface area contributed by atoms with Crippen LogP contribution in [0.3, 0.4) is 0 Å². The van der Waals surface area contributed by atoms with E-state index in [2.05, 4.69) is 33.7 Å². The highest BCUT2D eigenvalue weighted by Crippen LogP contribution is 2.42. The van der Waals surface area contributed by atoms with E-state index < -0.39 is 0 Å². The van der Waals surface area contributed by atoms with Crippen LogP contribution in [-0.4, -0.2) is 53.5 Å². The van der Waals surface area contributed by atoms with Gasteiger partial charge in [0.25, 0.3) is 0 Å². The number of ether oxygens (including phenoxy) is 2. The topological polar surface area (TPSA) is 100 Å². The quantitative estimate of drug-likeness (QED) is 0.564. The number of nitrogens with zero attached hydrogens (tertiary/aromatic N) is 4. The van der Waals surface area contributed by atoms with E-state index in [0.29, 0.717) is 42.6 Å². The maximum atomic E-state index is 12.7. The van der Waals surface area contributed by atoms with E-state index in [0.717, 1.165) is 34.5 Å². The molecule has 1 aliphatic carbocycles. The SMILES string of the molecule is CC(C)Oc1c(C#N)cccc1-c1nnc(-c2cccc3c2CCC3NC(=O)N2CCOCC2)s1. The second kappa shape index (κ2) is 10.0. The van der Waals surface area contributed by atoms with Crippen molar-refractivity contribution in [3.05, 3.63) is 53.1 Å². The van der Waals surface area contributed by atoms with Gasteiger partial charge in [0.15, 0.2) is 5.01 Å². The first-order valence-corrected chi connectivity index (χ1v) is 12.7. The zero-order chi connectivity index (χ0) is 24.4. The van der Waals surface area contributed by atoms with E-state index in [9.17, 15) is 10.1 Å². The van der Waals surface area contributed by atoms with Crippen LogP contribution in [0, 0.1) is 11.3 Å². The van der Waals surface area contributed by atoms with E-state index in [4.69, 9.17) is 9.47 Å². The van der Waals surface area contributed by atoms with Gasteiger partial charge in [-0.2, -0.15) is 5.26 Å². The Kier molecular flexibility index (Phi) is 6.66. The van der Waals surface area contributed by atoms with Crippen LogP contribution in [0.5, 0.6) is 5.75 Å². The van der Waals surface area contributed by atoms with Crippen LogP contribution >= 0.6 is 11.3 Å². The van der Waals surface area contributed by atoms with Crippen LogP contribution < -0.4 is 10.1 Å². The smallest absolute Gasteiger partial charge is 0.318 e. The number of benzene rings is 2. The van der Waals surface area contributed by atoms with Gasteiger partial charge in [0, 0.05) is 18.7 Å². The number of hydrogen-bond donors (Lipinski definition) is 1. The number of nitriles is 1. The number of carbonyl (C=O) groups is 1. The number of amides is 2. The van der Waals surface area contributed by atoms with E-state index in [1.807, 2.05) is 36.9 Å². The molecule has 0 spiro atoms. The zero-order valence-corrected chi connectivity index (χ0v) is 20.6. The summed E-state index contributed by atoms with van der Waals surface area (Å²) in [7, 11) is 0. The van der Waals surface area contributed by atoms with Gasteiger partial charge >= 0.3 is 6.03 Å². The minimum absolute atomic E-state index is 0.0222. The van der Waals surface area contributed by atoms with Crippen molar-refractivity contribution in [2.75, 3.05) is 26.3 Å². The van der Waals surface area contributed by atoms with Crippen LogP contribution in [0.15, 0.2) is 36.4 Å². The average Bonchev–Trinajstić information content (AvgIpc) is 3.52. The maximum absolute atomic E-state index is 12.7. The molecule has 1 unspecified atom stereocenters. The number of carbonyl (C=O) groups excluding carboxylic acids is 1. The summed E-state index contributed by atoms with van der Waals surface area (Å²) in [4.78, 5) is 14.6. The fraction of sp³-hybridized carbons (Fsp3) is 0.385. The Morgan fingerprint density at radius 2 is 1.89 bits per heavy atom. The predicted octanol–water partition coefficient (Wildman–Crippen LogP) is 4.56. The van der Waals surface area contributed by atoms with Crippen LogP contribution in [0.25, 0.3) is 21.1 Å². The summed E-state index contributed by atoms with van der Waals surface area (Å²) in [5, 5.41) is 23.2. The summed E-state index contributed by atoms with van der Waals surface area (Å²) in [6.07, 6.45) is 1.64. The molecule has 0 bridgehead atoms. The molecule has 2 amide bonds. The molecule has 2 aromatic carbocycles. The van der Waals surface area contributed by atoms with Crippen molar-refractivity contribution in [3.8, 4) is 33.0 Å². The lowest BCUT2D eigenvalue weighted by Gasteiger charge is -2.28. The van der Waals surface area contributed by atoms with Gasteiger partial charge in [-0.3, -0.25) is 0 Å². The Labute approximate surface area is 208 Å². The van der Waals surface area contributed by atoms with E-state index in [1.165, 1.54) is 16.9 Å². The normalized spacial score (nSPS) is 17.2. The maximum Gasteiger partial charge on any atom is 0.318 e. The van der Waals surface area contributed by atoms with Crippen molar-refractivity contribution in [2.24, 2.45) is 0 Å². The van der Waals surface area contributed by atoms with Gasteiger partial charge in [-0.25, -0.2) is 4.79 Å². The molecule has 35 heavy (non-hydrogen) atoms. The second-order valence-electron chi connectivity index (χ2n) is 8.89. The van der Waals surface area contributed by atoms with Crippen LogP contribution in [0.1, 0.15) is 43.0 Å². The van der Waals surface area contributed by atoms with E-state index in [1.54, 1.807) is 6.07 Å². The fourth-order valence-electron chi connectivity index (χ4n) is 4.61. The summed E-state index contributed by atoms with van der Waals surface area (Å²) < 4.78 is 11.3. The van der Waals surface area contributed by atoms with Crippen LogP contribution in [-0.2, 0) is 11.2 Å². The van der Waals surface area contributed by atoms with Gasteiger partial charge in [0.1, 0.15) is 16.8 Å². The second-order valence-corrected chi connectivity index (χ2v) is 9.86. The molecule has 1 fully saturated rings. The van der Waals surface area contributed by atoms with Gasteiger partial charge in [-0.05, 0) is 49.9 Å². The molecule has 0 radical (unpaired) electrons. The molecule has 3 aromatic rings. The number of rotatable bonds is 5. The molecule has 5 rings (SSSR count). The third-order valence-electron chi connectivity index (χ3n) is 6.24. The predicted molar refractivity (Wildman–Crippen MR) is 133 cm³/mol. The third kappa shape index (κ3) is 4.72. The summed E-state index contributed by atoms with van der Waals surface area (Å²) in [5.41, 5.74) is 4.62. The van der Waals surface area contributed by atoms with E-state index in [-0.39, 0.29) is 18.2 Å². The summed E-state index contributed by atoms with van der Waals surface area (Å²) in [5.74, 6) is 0.539. The number of nitrogens with one attached hydrogen (secondary N) is 1. The molecule has 2 aliphatic rings. The molecule has 0 saturated carbocycles. The van der Waals surface area contributed by atoms with Crippen molar-refractivity contribution in [3.63, 3.8) is 0 Å². The van der Waals surface area contributed by atoms with Crippen LogP contribution in [0.2, 0.25) is 0 Å². The first-order chi connectivity index (χ1) is 17.0. The monoisotopic (exact) mass is 489 g/mol. The number of fused-ring (bicyclic) bond motifs is 1. The van der Waals surface area contributed by atoms with Crippen molar-refractivity contribution in [1.82, 2.24) is 20.4 Å². The highest BCUT2D eigenvalue weighted by atomic mass is 32.1. The molecule has 1 atom stereocenters. The lowest BCUT2D eigenvalue weighted by atomic mass is 10.0. The highest BCUT2D eigenvalue weighted by molar-refractivity contribution is 7.18. The van der Waals surface area contributed by atoms with Crippen molar-refractivity contribution in [1.29, 1.82) is 5.26 Å². The minimum atomic E-state index is -0.0716. The Morgan fingerprint density at radius 3 is 2.63 bits per heavy atom. The highest BCUT2D eigenvalue weighted by Gasteiger charge is 2.29. The molecule has 2 heterocycles. The Bertz CT molecular complexity index is 1280. The third-order valence-corrected chi connectivity index (χ3v) is 7.23.